The molecule has 2 aromatic rings. The highest BCUT2D eigenvalue weighted by Crippen LogP contribution is 2.26. The van der Waals surface area contributed by atoms with Crippen LogP contribution in [-0.4, -0.2) is 40.2 Å². The van der Waals surface area contributed by atoms with E-state index >= 15 is 0 Å². The number of hydrogen-bond donors (Lipinski definition) is 0. The highest BCUT2D eigenvalue weighted by molar-refractivity contribution is 9.10. The monoisotopic (exact) mass is 401 g/mol. The fourth-order valence-electron chi connectivity index (χ4n) is 2.85. The Balaban J connectivity index is 1.88. The van der Waals surface area contributed by atoms with E-state index in [1.54, 1.807) is 49.5 Å². The molecular formula is C18H16BrN3O3. The molecule has 3 rings (SSSR count). The molecule has 1 atom stereocenters. The first-order valence-corrected chi connectivity index (χ1v) is 8.64. The van der Waals surface area contributed by atoms with E-state index in [0.29, 0.717) is 23.5 Å². The summed E-state index contributed by atoms with van der Waals surface area (Å²) < 4.78 is 0.799. The van der Waals surface area contributed by atoms with Gasteiger partial charge in [0.2, 0.25) is 0 Å². The number of hydrogen-bond acceptors (Lipinski definition) is 4. The summed E-state index contributed by atoms with van der Waals surface area (Å²) in [4.78, 5) is 44.7. The number of benzene rings is 1. The van der Waals surface area contributed by atoms with Gasteiger partial charge in [0.25, 0.3) is 17.7 Å². The van der Waals surface area contributed by atoms with Crippen molar-refractivity contribution < 1.29 is 14.4 Å². The smallest absolute Gasteiger partial charge is 0.262 e. The van der Waals surface area contributed by atoms with Crippen LogP contribution in [-0.2, 0) is 4.79 Å². The number of rotatable bonds is 4. The summed E-state index contributed by atoms with van der Waals surface area (Å²) in [7, 11) is 0. The lowest BCUT2D eigenvalue weighted by Crippen LogP contribution is -2.49. The molecule has 1 unspecified atom stereocenters. The molecule has 0 saturated carbocycles. The Hall–Kier alpha value is -2.54. The topological polar surface area (TPSA) is 70.6 Å². The Morgan fingerprint density at radius 2 is 1.76 bits per heavy atom. The number of carbonyl (C=O) groups excluding carboxylic acids is 3. The Kier molecular flexibility index (Phi) is 4.67. The summed E-state index contributed by atoms with van der Waals surface area (Å²) in [5.74, 6) is -0.770. The zero-order valence-corrected chi connectivity index (χ0v) is 15.4. The molecule has 1 aromatic carbocycles. The summed E-state index contributed by atoms with van der Waals surface area (Å²) in [5.41, 5.74) is 0.661. The van der Waals surface area contributed by atoms with Crippen LogP contribution >= 0.6 is 15.9 Å². The van der Waals surface area contributed by atoms with E-state index in [1.165, 1.54) is 4.90 Å². The molecule has 0 fully saturated rings. The van der Waals surface area contributed by atoms with Crippen molar-refractivity contribution in [3.8, 4) is 0 Å². The normalized spacial score (nSPS) is 14.4. The highest BCUT2D eigenvalue weighted by Gasteiger charge is 2.41. The predicted molar refractivity (Wildman–Crippen MR) is 96.4 cm³/mol. The maximum atomic E-state index is 12.9. The van der Waals surface area contributed by atoms with Gasteiger partial charge in [0.05, 0.1) is 11.1 Å². The number of amides is 3. The largest absolute Gasteiger partial charge is 0.295 e. The van der Waals surface area contributed by atoms with E-state index in [9.17, 15) is 14.4 Å². The van der Waals surface area contributed by atoms with E-state index in [-0.39, 0.29) is 5.91 Å². The molecule has 25 heavy (non-hydrogen) atoms. The minimum Gasteiger partial charge on any atom is -0.295 e. The lowest BCUT2D eigenvalue weighted by molar-refractivity contribution is -0.121. The summed E-state index contributed by atoms with van der Waals surface area (Å²) >= 11 is 3.31. The van der Waals surface area contributed by atoms with Gasteiger partial charge in [-0.2, -0.15) is 0 Å². The molecule has 1 aliphatic heterocycles. The minimum atomic E-state index is -0.919. The van der Waals surface area contributed by atoms with Gasteiger partial charge in [-0.25, -0.2) is 4.98 Å². The molecule has 128 valence electrons. The molecule has 0 N–H and O–H groups in total. The van der Waals surface area contributed by atoms with Crippen molar-refractivity contribution in [1.29, 1.82) is 0 Å². The number of likely N-dealkylation sites (N-methyl/N-ethyl adjacent to an activating group) is 1. The second-order valence-electron chi connectivity index (χ2n) is 5.62. The second kappa shape index (κ2) is 6.76. The molecule has 3 amide bonds. The maximum absolute atomic E-state index is 12.9. The van der Waals surface area contributed by atoms with Gasteiger partial charge < -0.3 is 0 Å². The minimum absolute atomic E-state index is 0.331. The van der Waals surface area contributed by atoms with Crippen molar-refractivity contribution in [2.75, 3.05) is 11.4 Å². The molecule has 2 heterocycles. The molecule has 7 heteroatoms. The summed E-state index contributed by atoms with van der Waals surface area (Å²) in [5, 5.41) is 0. The van der Waals surface area contributed by atoms with Crippen LogP contribution in [0.25, 0.3) is 0 Å². The number of aromatic nitrogens is 1. The van der Waals surface area contributed by atoms with Gasteiger partial charge in [0.1, 0.15) is 11.9 Å². The average Bonchev–Trinajstić information content (AvgIpc) is 2.88. The number of fused-ring (bicyclic) bond motifs is 1. The Bertz CT molecular complexity index is 816. The Morgan fingerprint density at radius 3 is 2.24 bits per heavy atom. The highest BCUT2D eigenvalue weighted by atomic mass is 79.9. The SMILES string of the molecule is CCN(C(=O)C(C)N1C(=O)c2ccccc2C1=O)c1ccc(Br)cn1. The van der Waals surface area contributed by atoms with Crippen molar-refractivity contribution in [3.05, 3.63) is 58.2 Å². The van der Waals surface area contributed by atoms with E-state index in [2.05, 4.69) is 20.9 Å². The van der Waals surface area contributed by atoms with Crippen LogP contribution in [0.15, 0.2) is 47.1 Å². The molecule has 1 aliphatic rings. The molecule has 0 saturated heterocycles. The van der Waals surface area contributed by atoms with Crippen molar-refractivity contribution in [1.82, 2.24) is 9.88 Å². The first-order valence-electron chi connectivity index (χ1n) is 7.85. The van der Waals surface area contributed by atoms with E-state index in [1.807, 2.05) is 6.92 Å². The fourth-order valence-corrected chi connectivity index (χ4v) is 3.09. The van der Waals surface area contributed by atoms with Crippen LogP contribution in [0.3, 0.4) is 0 Å². The number of pyridine rings is 1. The number of halogens is 1. The van der Waals surface area contributed by atoms with Gasteiger partial charge in [-0.3, -0.25) is 24.2 Å². The maximum Gasteiger partial charge on any atom is 0.262 e. The molecular weight excluding hydrogens is 386 g/mol. The lowest BCUT2D eigenvalue weighted by atomic mass is 10.1. The molecule has 0 aliphatic carbocycles. The first-order chi connectivity index (χ1) is 12.0. The number of anilines is 1. The van der Waals surface area contributed by atoms with Gasteiger partial charge in [0, 0.05) is 17.2 Å². The van der Waals surface area contributed by atoms with Gasteiger partial charge in [-0.05, 0) is 54.0 Å². The van der Waals surface area contributed by atoms with Crippen molar-refractivity contribution in [3.63, 3.8) is 0 Å². The van der Waals surface area contributed by atoms with Gasteiger partial charge in [-0.15, -0.1) is 0 Å². The second-order valence-corrected chi connectivity index (χ2v) is 6.53. The number of nitrogens with zero attached hydrogens (tertiary/aromatic N) is 3. The van der Waals surface area contributed by atoms with Crippen LogP contribution in [0.5, 0.6) is 0 Å². The molecule has 0 radical (unpaired) electrons. The average molecular weight is 402 g/mol. The third-order valence-electron chi connectivity index (χ3n) is 4.14. The van der Waals surface area contributed by atoms with Crippen LogP contribution in [0, 0.1) is 0 Å². The number of imide groups is 1. The zero-order valence-electron chi connectivity index (χ0n) is 13.8. The van der Waals surface area contributed by atoms with Gasteiger partial charge in [0.15, 0.2) is 0 Å². The van der Waals surface area contributed by atoms with Gasteiger partial charge >= 0.3 is 0 Å². The van der Waals surface area contributed by atoms with Crippen LogP contribution in [0.4, 0.5) is 5.82 Å². The quantitative estimate of drug-likeness (QED) is 0.738. The van der Waals surface area contributed by atoms with Crippen LogP contribution < -0.4 is 4.90 Å². The molecule has 0 spiro atoms. The van der Waals surface area contributed by atoms with E-state index < -0.39 is 17.9 Å². The van der Waals surface area contributed by atoms with E-state index in [4.69, 9.17) is 0 Å². The van der Waals surface area contributed by atoms with Gasteiger partial charge in [-0.1, -0.05) is 12.1 Å². The zero-order chi connectivity index (χ0) is 18.1. The summed E-state index contributed by atoms with van der Waals surface area (Å²) in [6.07, 6.45) is 1.60. The number of carbonyl (C=O) groups is 3. The standard InChI is InChI=1S/C18H16BrN3O3/c1-3-21(15-9-8-12(19)10-20-15)16(23)11(2)22-17(24)13-6-4-5-7-14(13)18(22)25/h4-11H,3H2,1-2H3. The van der Waals surface area contributed by atoms with Crippen molar-refractivity contribution in [2.24, 2.45) is 0 Å². The molecule has 0 bridgehead atoms. The predicted octanol–water partition coefficient (Wildman–Crippen LogP) is 2.88. The third kappa shape index (κ3) is 2.95. The lowest BCUT2D eigenvalue weighted by Gasteiger charge is -2.28. The van der Waals surface area contributed by atoms with Crippen molar-refractivity contribution >= 4 is 39.5 Å². The fraction of sp³-hybridized carbons (Fsp3) is 0.222. The Labute approximate surface area is 153 Å². The molecule has 6 nitrogen and oxygen atoms in total. The first kappa shape index (κ1) is 17.3. The van der Waals surface area contributed by atoms with Crippen LogP contribution in [0.1, 0.15) is 34.6 Å². The third-order valence-corrected chi connectivity index (χ3v) is 4.61. The van der Waals surface area contributed by atoms with E-state index in [0.717, 1.165) is 9.37 Å². The summed E-state index contributed by atoms with van der Waals surface area (Å²) in [6.45, 7) is 3.75. The molecule has 1 aromatic heterocycles. The Morgan fingerprint density at radius 1 is 1.16 bits per heavy atom. The van der Waals surface area contributed by atoms with Crippen LogP contribution in [0.2, 0.25) is 0 Å². The summed E-state index contributed by atoms with van der Waals surface area (Å²) in [6, 6.07) is 9.17. The van der Waals surface area contributed by atoms with Crippen molar-refractivity contribution in [2.45, 2.75) is 19.9 Å².